The van der Waals surface area contributed by atoms with E-state index in [2.05, 4.69) is 49.7 Å². The van der Waals surface area contributed by atoms with E-state index in [9.17, 15) is 14.4 Å². The molecular formula is C32H26N6O3. The monoisotopic (exact) mass is 542 g/mol. The van der Waals surface area contributed by atoms with Gasteiger partial charge in [-0.3, -0.25) is 14.4 Å². The van der Waals surface area contributed by atoms with Gasteiger partial charge in [0.25, 0.3) is 17.4 Å². The number of H-pyrrole nitrogens is 1. The van der Waals surface area contributed by atoms with Crippen molar-refractivity contribution in [2.45, 2.75) is 19.5 Å². The van der Waals surface area contributed by atoms with E-state index in [4.69, 9.17) is 0 Å². The summed E-state index contributed by atoms with van der Waals surface area (Å²) in [5, 5.41) is 16.6. The van der Waals surface area contributed by atoms with Gasteiger partial charge in [-0.05, 0) is 48.9 Å². The van der Waals surface area contributed by atoms with Crippen molar-refractivity contribution in [3.05, 3.63) is 124 Å². The molecule has 0 saturated heterocycles. The van der Waals surface area contributed by atoms with Crippen molar-refractivity contribution in [3.8, 4) is 0 Å². The lowest BCUT2D eigenvalue weighted by Gasteiger charge is -2.18. The minimum Gasteiger partial charge on any atom is -0.341 e. The Balaban J connectivity index is 1.32. The van der Waals surface area contributed by atoms with Gasteiger partial charge in [-0.2, -0.15) is 10.2 Å². The Morgan fingerprint density at radius 3 is 2.34 bits per heavy atom. The van der Waals surface area contributed by atoms with Crippen molar-refractivity contribution < 1.29 is 9.59 Å². The molecule has 202 valence electrons. The molecule has 0 saturated carbocycles. The van der Waals surface area contributed by atoms with Crippen LogP contribution in [-0.4, -0.2) is 32.8 Å². The predicted octanol–water partition coefficient (Wildman–Crippen LogP) is 4.67. The predicted molar refractivity (Wildman–Crippen MR) is 160 cm³/mol. The van der Waals surface area contributed by atoms with E-state index in [0.29, 0.717) is 16.3 Å². The van der Waals surface area contributed by atoms with E-state index in [1.54, 1.807) is 60.8 Å². The van der Waals surface area contributed by atoms with Crippen LogP contribution in [0, 0.1) is 0 Å². The number of para-hydroxylation sites is 1. The number of nitrogens with one attached hydrogen (secondary N) is 3. The second-order valence-electron chi connectivity index (χ2n) is 9.53. The number of rotatable bonds is 7. The van der Waals surface area contributed by atoms with Crippen LogP contribution in [0.3, 0.4) is 0 Å². The highest BCUT2D eigenvalue weighted by molar-refractivity contribution is 6.09. The molecule has 6 aromatic rings. The summed E-state index contributed by atoms with van der Waals surface area (Å²) < 4.78 is 2.26. The fraction of sp³-hybridized carbons (Fsp3) is 0.0938. The number of benzene rings is 4. The number of hydrazone groups is 1. The first-order chi connectivity index (χ1) is 20.0. The van der Waals surface area contributed by atoms with Crippen molar-refractivity contribution in [1.82, 2.24) is 25.5 Å². The number of aromatic amines is 1. The molecule has 0 spiro atoms. The average Bonchev–Trinajstić information content (AvgIpc) is 3.33. The number of aryl methyl sites for hydroxylation is 1. The Hall–Kier alpha value is -5.57. The molecule has 0 bridgehead atoms. The number of carbonyl (C=O) groups excluding carboxylic acids is 2. The quantitative estimate of drug-likeness (QED) is 0.200. The number of hydrogen-bond donors (Lipinski definition) is 3. The van der Waals surface area contributed by atoms with Gasteiger partial charge < -0.3 is 9.88 Å². The molecule has 9 heteroatoms. The highest BCUT2D eigenvalue weighted by atomic mass is 16.2. The third kappa shape index (κ3) is 4.85. The number of fused-ring (bicyclic) bond motifs is 4. The molecule has 0 aliphatic carbocycles. The van der Waals surface area contributed by atoms with E-state index >= 15 is 0 Å². The van der Waals surface area contributed by atoms with E-state index in [1.807, 2.05) is 30.3 Å². The summed E-state index contributed by atoms with van der Waals surface area (Å²) in [4.78, 5) is 38.9. The lowest BCUT2D eigenvalue weighted by atomic mass is 10.0. The highest BCUT2D eigenvalue weighted by Gasteiger charge is 2.27. The van der Waals surface area contributed by atoms with Crippen LogP contribution in [0.2, 0.25) is 0 Å². The van der Waals surface area contributed by atoms with E-state index in [-0.39, 0.29) is 5.69 Å². The molecule has 0 fully saturated rings. The normalized spacial score (nSPS) is 12.2. The van der Waals surface area contributed by atoms with Crippen LogP contribution < -0.4 is 16.3 Å². The van der Waals surface area contributed by atoms with Gasteiger partial charge in [-0.1, -0.05) is 60.7 Å². The molecule has 1 atom stereocenters. The van der Waals surface area contributed by atoms with Crippen molar-refractivity contribution in [2.75, 3.05) is 0 Å². The lowest BCUT2D eigenvalue weighted by Crippen LogP contribution is -2.40. The fourth-order valence-electron chi connectivity index (χ4n) is 5.15. The van der Waals surface area contributed by atoms with Gasteiger partial charge >= 0.3 is 0 Å². The van der Waals surface area contributed by atoms with Crippen LogP contribution in [0.4, 0.5) is 0 Å². The minimum atomic E-state index is -1.23. The molecular weight excluding hydrogens is 516 g/mol. The number of aromatic nitrogens is 3. The van der Waals surface area contributed by atoms with E-state index < -0.39 is 23.4 Å². The first kappa shape index (κ1) is 25.7. The standard InChI is InChI=1S/C32H26N6O3/c1-2-38-26-15-9-8-12-22(26)25-18-20(16-17-27(25)38)19-33-36-32(41)29(34-30(39)21-10-4-3-5-11-21)28-23-13-6-7-14-24(23)31(40)37-35-28/h3-19,29H,2H2,1H3,(H,34,39)(H,36,41)(H,37,40)/b33-19-/t29-/m1/s1. The molecule has 4 aromatic carbocycles. The van der Waals surface area contributed by atoms with Crippen molar-refractivity contribution in [1.29, 1.82) is 0 Å². The summed E-state index contributed by atoms with van der Waals surface area (Å²) in [7, 11) is 0. The molecule has 2 heterocycles. The van der Waals surface area contributed by atoms with Gasteiger partial charge in [0, 0.05) is 39.3 Å². The van der Waals surface area contributed by atoms with Crippen LogP contribution in [0.15, 0.2) is 107 Å². The summed E-state index contributed by atoms with van der Waals surface area (Å²) in [6.07, 6.45) is 1.56. The SMILES string of the molecule is CCn1c2ccccc2c2cc(/C=N\NC(=O)[C@H](NC(=O)c3ccccc3)c3n[nH]c(=O)c4ccccc34)ccc21. The molecule has 0 radical (unpaired) electrons. The molecule has 41 heavy (non-hydrogen) atoms. The number of amides is 2. The maximum absolute atomic E-state index is 13.5. The number of hydrogen-bond acceptors (Lipinski definition) is 5. The van der Waals surface area contributed by atoms with Gasteiger partial charge in [-0.15, -0.1) is 0 Å². The van der Waals surface area contributed by atoms with E-state index in [1.165, 1.54) is 0 Å². The highest BCUT2D eigenvalue weighted by Crippen LogP contribution is 2.29. The first-order valence-corrected chi connectivity index (χ1v) is 13.2. The van der Waals surface area contributed by atoms with Crippen LogP contribution in [-0.2, 0) is 11.3 Å². The minimum absolute atomic E-state index is 0.200. The van der Waals surface area contributed by atoms with Gasteiger partial charge in [0.2, 0.25) is 0 Å². The Kier molecular flexibility index (Phi) is 6.83. The van der Waals surface area contributed by atoms with Crippen LogP contribution in [0.25, 0.3) is 32.6 Å². The topological polar surface area (TPSA) is 121 Å². The summed E-state index contributed by atoms with van der Waals surface area (Å²) >= 11 is 0. The van der Waals surface area contributed by atoms with Gasteiger partial charge in [0.1, 0.15) is 5.69 Å². The van der Waals surface area contributed by atoms with Gasteiger partial charge in [0.15, 0.2) is 6.04 Å². The van der Waals surface area contributed by atoms with Crippen molar-refractivity contribution in [3.63, 3.8) is 0 Å². The summed E-state index contributed by atoms with van der Waals surface area (Å²) in [5.41, 5.74) is 5.81. The van der Waals surface area contributed by atoms with Crippen LogP contribution in [0.1, 0.15) is 34.6 Å². The Bertz CT molecular complexity index is 2010. The molecule has 0 aliphatic rings. The molecule has 2 amide bonds. The maximum atomic E-state index is 13.5. The zero-order chi connectivity index (χ0) is 28.3. The zero-order valence-electron chi connectivity index (χ0n) is 22.2. The largest absolute Gasteiger partial charge is 0.341 e. The zero-order valence-corrected chi connectivity index (χ0v) is 22.2. The van der Waals surface area contributed by atoms with Crippen LogP contribution >= 0.6 is 0 Å². The Labute approximate surface area is 234 Å². The third-order valence-electron chi connectivity index (χ3n) is 7.07. The van der Waals surface area contributed by atoms with Crippen molar-refractivity contribution >= 4 is 50.6 Å². The molecule has 0 unspecified atom stereocenters. The average molecular weight is 543 g/mol. The summed E-state index contributed by atoms with van der Waals surface area (Å²) in [6.45, 7) is 2.96. The smallest absolute Gasteiger partial charge is 0.272 e. The Morgan fingerprint density at radius 1 is 0.878 bits per heavy atom. The first-order valence-electron chi connectivity index (χ1n) is 13.2. The molecule has 2 aromatic heterocycles. The number of carbonyl (C=O) groups is 2. The van der Waals surface area contributed by atoms with Gasteiger partial charge in [0.05, 0.1) is 11.6 Å². The molecule has 0 aliphatic heterocycles. The molecule has 3 N–H and O–H groups in total. The van der Waals surface area contributed by atoms with E-state index in [0.717, 1.165) is 33.9 Å². The summed E-state index contributed by atoms with van der Waals surface area (Å²) in [5.74, 6) is -1.08. The second kappa shape index (κ2) is 10.9. The number of nitrogens with zero attached hydrogens (tertiary/aromatic N) is 3. The lowest BCUT2D eigenvalue weighted by molar-refractivity contribution is -0.123. The Morgan fingerprint density at radius 2 is 1.56 bits per heavy atom. The second-order valence-corrected chi connectivity index (χ2v) is 9.53. The van der Waals surface area contributed by atoms with Crippen LogP contribution in [0.5, 0.6) is 0 Å². The molecule has 9 nitrogen and oxygen atoms in total. The third-order valence-corrected chi connectivity index (χ3v) is 7.07. The maximum Gasteiger partial charge on any atom is 0.272 e. The summed E-state index contributed by atoms with van der Waals surface area (Å²) in [6, 6.07) is 28.4. The van der Waals surface area contributed by atoms with Gasteiger partial charge in [-0.25, -0.2) is 10.5 Å². The molecule has 6 rings (SSSR count). The fourth-order valence-corrected chi connectivity index (χ4v) is 5.15. The van der Waals surface area contributed by atoms with Crippen molar-refractivity contribution in [2.24, 2.45) is 5.10 Å².